The third-order valence-electron chi connectivity index (χ3n) is 2.08. The Morgan fingerprint density at radius 1 is 1.69 bits per heavy atom. The first-order chi connectivity index (χ1) is 6.29. The summed E-state index contributed by atoms with van der Waals surface area (Å²) in [5.74, 6) is 1.02. The van der Waals surface area contributed by atoms with E-state index in [1.807, 2.05) is 17.8 Å². The Kier molecular flexibility index (Phi) is 3.92. The molecule has 2 N–H and O–H groups in total. The molecule has 4 nitrogen and oxygen atoms in total. The normalized spacial score (nSPS) is 13.2. The standard InChI is InChI=1S/C9H17N3O/c1-3-8(10-5-7-13)9-11-4-6-12(9)2/h4,6,8,10,13H,3,5,7H2,1-2H3. The number of hydrogen-bond acceptors (Lipinski definition) is 3. The highest BCUT2D eigenvalue weighted by atomic mass is 16.3. The van der Waals surface area contributed by atoms with E-state index in [9.17, 15) is 0 Å². The average molecular weight is 183 g/mol. The van der Waals surface area contributed by atoms with E-state index in [0.29, 0.717) is 6.54 Å². The summed E-state index contributed by atoms with van der Waals surface area (Å²) in [7, 11) is 1.98. The van der Waals surface area contributed by atoms with Gasteiger partial charge >= 0.3 is 0 Å². The average Bonchev–Trinajstić information content (AvgIpc) is 2.54. The third-order valence-corrected chi connectivity index (χ3v) is 2.08. The van der Waals surface area contributed by atoms with Crippen LogP contribution in [-0.4, -0.2) is 27.8 Å². The summed E-state index contributed by atoms with van der Waals surface area (Å²) in [6.45, 7) is 2.88. The van der Waals surface area contributed by atoms with Crippen LogP contribution in [0.2, 0.25) is 0 Å². The second-order valence-electron chi connectivity index (χ2n) is 3.03. The van der Waals surface area contributed by atoms with Crippen molar-refractivity contribution in [2.45, 2.75) is 19.4 Å². The second kappa shape index (κ2) is 4.99. The molecular weight excluding hydrogens is 166 g/mol. The van der Waals surface area contributed by atoms with Crippen LogP contribution in [0.1, 0.15) is 25.2 Å². The van der Waals surface area contributed by atoms with Crippen molar-refractivity contribution in [3.05, 3.63) is 18.2 Å². The van der Waals surface area contributed by atoms with Crippen LogP contribution in [-0.2, 0) is 7.05 Å². The maximum Gasteiger partial charge on any atom is 0.125 e. The minimum Gasteiger partial charge on any atom is -0.395 e. The van der Waals surface area contributed by atoms with Gasteiger partial charge in [-0.25, -0.2) is 4.98 Å². The van der Waals surface area contributed by atoms with Gasteiger partial charge in [0, 0.05) is 26.0 Å². The molecule has 4 heteroatoms. The monoisotopic (exact) mass is 183 g/mol. The molecule has 1 rings (SSSR count). The zero-order chi connectivity index (χ0) is 9.68. The molecule has 0 amide bonds. The van der Waals surface area contributed by atoms with Crippen molar-refractivity contribution in [3.63, 3.8) is 0 Å². The predicted molar refractivity (Wildman–Crippen MR) is 51.3 cm³/mol. The SMILES string of the molecule is CCC(NCCO)c1nccn1C. The van der Waals surface area contributed by atoms with Crippen LogP contribution in [0.15, 0.2) is 12.4 Å². The second-order valence-corrected chi connectivity index (χ2v) is 3.03. The van der Waals surface area contributed by atoms with E-state index < -0.39 is 0 Å². The Balaban J connectivity index is 2.61. The van der Waals surface area contributed by atoms with Crippen LogP contribution in [0.25, 0.3) is 0 Å². The highest BCUT2D eigenvalue weighted by molar-refractivity contribution is 4.98. The van der Waals surface area contributed by atoms with Gasteiger partial charge in [-0.05, 0) is 6.42 Å². The molecular formula is C9H17N3O. The summed E-state index contributed by atoms with van der Waals surface area (Å²) in [5, 5.41) is 11.9. The van der Waals surface area contributed by atoms with E-state index in [0.717, 1.165) is 12.2 Å². The summed E-state index contributed by atoms with van der Waals surface area (Å²) in [4.78, 5) is 4.26. The topological polar surface area (TPSA) is 50.1 Å². The van der Waals surface area contributed by atoms with Gasteiger partial charge in [0.2, 0.25) is 0 Å². The quantitative estimate of drug-likeness (QED) is 0.697. The van der Waals surface area contributed by atoms with Crippen molar-refractivity contribution in [1.82, 2.24) is 14.9 Å². The lowest BCUT2D eigenvalue weighted by molar-refractivity contribution is 0.281. The van der Waals surface area contributed by atoms with Gasteiger partial charge in [-0.1, -0.05) is 6.92 Å². The van der Waals surface area contributed by atoms with E-state index in [1.165, 1.54) is 0 Å². The summed E-state index contributed by atoms with van der Waals surface area (Å²) in [5.41, 5.74) is 0. The lowest BCUT2D eigenvalue weighted by atomic mass is 10.2. The third kappa shape index (κ3) is 2.54. The molecule has 1 unspecified atom stereocenters. The fraction of sp³-hybridized carbons (Fsp3) is 0.667. The van der Waals surface area contributed by atoms with Crippen LogP contribution in [0.4, 0.5) is 0 Å². The van der Waals surface area contributed by atoms with Gasteiger partial charge in [0.1, 0.15) is 5.82 Å². The largest absolute Gasteiger partial charge is 0.395 e. The number of imidazole rings is 1. The van der Waals surface area contributed by atoms with Gasteiger partial charge in [0.05, 0.1) is 12.6 Å². The van der Waals surface area contributed by atoms with Crippen LogP contribution in [0.5, 0.6) is 0 Å². The zero-order valence-corrected chi connectivity index (χ0v) is 8.20. The number of aromatic nitrogens is 2. The molecule has 13 heavy (non-hydrogen) atoms. The maximum absolute atomic E-state index is 8.69. The van der Waals surface area contributed by atoms with E-state index in [-0.39, 0.29) is 12.6 Å². The number of aliphatic hydroxyl groups is 1. The van der Waals surface area contributed by atoms with Crippen molar-refractivity contribution in [2.75, 3.05) is 13.2 Å². The fourth-order valence-corrected chi connectivity index (χ4v) is 1.37. The molecule has 0 aliphatic carbocycles. The summed E-state index contributed by atoms with van der Waals surface area (Å²) < 4.78 is 2.00. The van der Waals surface area contributed by atoms with Crippen molar-refractivity contribution >= 4 is 0 Å². The number of nitrogens with zero attached hydrogens (tertiary/aromatic N) is 2. The highest BCUT2D eigenvalue weighted by Gasteiger charge is 2.11. The molecule has 0 aromatic carbocycles. The Labute approximate surface area is 78.6 Å². The summed E-state index contributed by atoms with van der Waals surface area (Å²) >= 11 is 0. The molecule has 0 aliphatic heterocycles. The minimum atomic E-state index is 0.168. The maximum atomic E-state index is 8.69. The number of hydrogen-bond donors (Lipinski definition) is 2. The summed E-state index contributed by atoms with van der Waals surface area (Å²) in [6.07, 6.45) is 4.70. The van der Waals surface area contributed by atoms with Gasteiger partial charge < -0.3 is 15.0 Å². The van der Waals surface area contributed by atoms with Crippen LogP contribution < -0.4 is 5.32 Å². The first kappa shape index (κ1) is 10.2. The number of aryl methyl sites for hydroxylation is 1. The molecule has 1 aromatic heterocycles. The van der Waals surface area contributed by atoms with Crippen molar-refractivity contribution in [3.8, 4) is 0 Å². The molecule has 74 valence electrons. The zero-order valence-electron chi connectivity index (χ0n) is 8.20. The Morgan fingerprint density at radius 3 is 2.92 bits per heavy atom. The lowest BCUT2D eigenvalue weighted by Gasteiger charge is -2.15. The molecule has 0 spiro atoms. The lowest BCUT2D eigenvalue weighted by Crippen LogP contribution is -2.26. The first-order valence-electron chi connectivity index (χ1n) is 4.61. The van der Waals surface area contributed by atoms with Crippen LogP contribution >= 0.6 is 0 Å². The van der Waals surface area contributed by atoms with E-state index >= 15 is 0 Å². The van der Waals surface area contributed by atoms with E-state index in [1.54, 1.807) is 6.20 Å². The fourth-order valence-electron chi connectivity index (χ4n) is 1.37. The molecule has 0 radical (unpaired) electrons. The molecule has 1 heterocycles. The Morgan fingerprint density at radius 2 is 2.46 bits per heavy atom. The Hall–Kier alpha value is -0.870. The minimum absolute atomic E-state index is 0.168. The molecule has 0 aliphatic rings. The van der Waals surface area contributed by atoms with Crippen LogP contribution in [0, 0.1) is 0 Å². The smallest absolute Gasteiger partial charge is 0.125 e. The van der Waals surface area contributed by atoms with Gasteiger partial charge in [0.25, 0.3) is 0 Å². The van der Waals surface area contributed by atoms with Gasteiger partial charge in [-0.3, -0.25) is 0 Å². The van der Waals surface area contributed by atoms with E-state index in [4.69, 9.17) is 5.11 Å². The number of nitrogens with one attached hydrogen (secondary N) is 1. The summed E-state index contributed by atoms with van der Waals surface area (Å²) in [6, 6.07) is 0.243. The molecule has 0 bridgehead atoms. The van der Waals surface area contributed by atoms with Gasteiger partial charge in [-0.15, -0.1) is 0 Å². The molecule has 0 saturated carbocycles. The van der Waals surface area contributed by atoms with E-state index in [2.05, 4.69) is 17.2 Å². The van der Waals surface area contributed by atoms with Crippen molar-refractivity contribution < 1.29 is 5.11 Å². The number of rotatable bonds is 5. The molecule has 0 saturated heterocycles. The molecule has 1 atom stereocenters. The van der Waals surface area contributed by atoms with Gasteiger partial charge in [0.15, 0.2) is 0 Å². The molecule has 0 fully saturated rings. The van der Waals surface area contributed by atoms with Gasteiger partial charge in [-0.2, -0.15) is 0 Å². The Bertz CT molecular complexity index is 247. The first-order valence-corrected chi connectivity index (χ1v) is 4.61. The van der Waals surface area contributed by atoms with Crippen LogP contribution in [0.3, 0.4) is 0 Å². The van der Waals surface area contributed by atoms with Crippen molar-refractivity contribution in [1.29, 1.82) is 0 Å². The molecule has 1 aromatic rings. The number of aliphatic hydroxyl groups excluding tert-OH is 1. The highest BCUT2D eigenvalue weighted by Crippen LogP contribution is 2.12. The predicted octanol–water partition coefficient (Wildman–Crippen LogP) is 0.453. The van der Waals surface area contributed by atoms with Crippen molar-refractivity contribution in [2.24, 2.45) is 7.05 Å².